The second kappa shape index (κ2) is 9.12. The van der Waals surface area contributed by atoms with Crippen LogP contribution in [0.4, 0.5) is 5.69 Å². The molecule has 31 heavy (non-hydrogen) atoms. The van der Waals surface area contributed by atoms with Crippen molar-refractivity contribution in [1.82, 2.24) is 4.90 Å². The van der Waals surface area contributed by atoms with Gasteiger partial charge in [0.25, 0.3) is 11.7 Å². The van der Waals surface area contributed by atoms with Gasteiger partial charge < -0.3 is 24.4 Å². The summed E-state index contributed by atoms with van der Waals surface area (Å²) in [4.78, 5) is 29.3. The fraction of sp³-hybridized carbons (Fsp3) is 0.333. The van der Waals surface area contributed by atoms with Crippen LogP contribution in [0.1, 0.15) is 30.5 Å². The molecular formula is C24H28N2O5. The van der Waals surface area contributed by atoms with Crippen molar-refractivity contribution in [1.29, 1.82) is 0 Å². The minimum atomic E-state index is -0.692. The molecule has 1 aliphatic rings. The van der Waals surface area contributed by atoms with E-state index in [-0.39, 0.29) is 11.3 Å². The molecule has 0 aliphatic carbocycles. The SMILES string of the molecule is CCCN1C(=O)C(=O)/C(=C(\O)c2ccc(OC)c(OC)c2)C1c1ccc(N(C)C)cc1. The maximum atomic E-state index is 13.0. The van der Waals surface area contributed by atoms with Crippen LogP contribution in [0.3, 0.4) is 0 Å². The standard InChI is InChI=1S/C24H28N2O5/c1-6-13-26-21(15-7-10-17(11-8-15)25(2)3)20(23(28)24(26)29)22(27)16-9-12-18(30-4)19(14-16)31-5/h7-12,14,21,27H,6,13H2,1-5H3/b22-20-. The molecule has 1 unspecified atom stereocenters. The van der Waals surface area contributed by atoms with E-state index in [1.165, 1.54) is 19.1 Å². The average molecular weight is 424 g/mol. The summed E-state index contributed by atoms with van der Waals surface area (Å²) in [5.41, 5.74) is 2.21. The Morgan fingerprint density at radius 1 is 1.03 bits per heavy atom. The monoisotopic (exact) mass is 424 g/mol. The second-order valence-electron chi connectivity index (χ2n) is 7.55. The first-order valence-corrected chi connectivity index (χ1v) is 10.1. The van der Waals surface area contributed by atoms with Crippen LogP contribution in [0.2, 0.25) is 0 Å². The van der Waals surface area contributed by atoms with Crippen molar-refractivity contribution in [3.05, 3.63) is 59.2 Å². The first-order chi connectivity index (χ1) is 14.8. The number of Topliss-reactive ketones (excluding diaryl/α,β-unsaturated/α-hetero) is 1. The number of hydrogen-bond acceptors (Lipinski definition) is 6. The van der Waals surface area contributed by atoms with E-state index in [2.05, 4.69) is 0 Å². The lowest BCUT2D eigenvalue weighted by molar-refractivity contribution is -0.139. The van der Waals surface area contributed by atoms with Gasteiger partial charge in [0, 0.05) is 31.9 Å². The van der Waals surface area contributed by atoms with Crippen LogP contribution in [0.5, 0.6) is 11.5 Å². The van der Waals surface area contributed by atoms with E-state index in [4.69, 9.17) is 9.47 Å². The first-order valence-electron chi connectivity index (χ1n) is 10.1. The molecule has 7 nitrogen and oxygen atoms in total. The number of aliphatic hydroxyl groups is 1. The highest BCUT2D eigenvalue weighted by molar-refractivity contribution is 6.46. The number of hydrogen-bond donors (Lipinski definition) is 1. The number of carbonyl (C=O) groups is 2. The van der Waals surface area contributed by atoms with Gasteiger partial charge in [0.05, 0.1) is 25.8 Å². The number of rotatable bonds is 7. The number of aliphatic hydroxyl groups excluding tert-OH is 1. The molecule has 2 aromatic rings. The zero-order chi connectivity index (χ0) is 22.7. The third kappa shape index (κ3) is 4.08. The predicted molar refractivity (Wildman–Crippen MR) is 120 cm³/mol. The molecule has 0 bridgehead atoms. The van der Waals surface area contributed by atoms with E-state index in [1.54, 1.807) is 18.2 Å². The van der Waals surface area contributed by atoms with Gasteiger partial charge in [-0.3, -0.25) is 9.59 Å². The van der Waals surface area contributed by atoms with Gasteiger partial charge in [-0.25, -0.2) is 0 Å². The Labute approximate surface area is 182 Å². The molecule has 0 aromatic heterocycles. The number of nitrogens with zero attached hydrogens (tertiary/aromatic N) is 2. The zero-order valence-corrected chi connectivity index (χ0v) is 18.5. The van der Waals surface area contributed by atoms with E-state index >= 15 is 0 Å². The molecule has 1 amide bonds. The number of likely N-dealkylation sites (tertiary alicyclic amines) is 1. The van der Waals surface area contributed by atoms with E-state index in [9.17, 15) is 14.7 Å². The molecule has 7 heteroatoms. The van der Waals surface area contributed by atoms with Gasteiger partial charge in [-0.15, -0.1) is 0 Å². The minimum Gasteiger partial charge on any atom is -0.507 e. The molecule has 1 atom stereocenters. The molecule has 1 heterocycles. The topological polar surface area (TPSA) is 79.3 Å². The van der Waals surface area contributed by atoms with Crippen molar-refractivity contribution in [2.24, 2.45) is 0 Å². The smallest absolute Gasteiger partial charge is 0.295 e. The Morgan fingerprint density at radius 2 is 1.68 bits per heavy atom. The molecular weight excluding hydrogens is 396 g/mol. The van der Waals surface area contributed by atoms with Crippen LogP contribution < -0.4 is 14.4 Å². The summed E-state index contributed by atoms with van der Waals surface area (Å²) in [6.45, 7) is 2.35. The summed E-state index contributed by atoms with van der Waals surface area (Å²) >= 11 is 0. The van der Waals surface area contributed by atoms with E-state index in [0.717, 1.165) is 11.3 Å². The molecule has 3 rings (SSSR count). The van der Waals surface area contributed by atoms with Crippen LogP contribution in [0, 0.1) is 0 Å². The number of benzene rings is 2. The summed E-state index contributed by atoms with van der Waals surface area (Å²) in [6.07, 6.45) is 0.690. The highest BCUT2D eigenvalue weighted by atomic mass is 16.5. The minimum absolute atomic E-state index is 0.0725. The fourth-order valence-corrected chi connectivity index (χ4v) is 3.79. The van der Waals surface area contributed by atoms with Crippen LogP contribution in [-0.2, 0) is 9.59 Å². The van der Waals surface area contributed by atoms with E-state index in [1.807, 2.05) is 50.2 Å². The molecule has 2 aromatic carbocycles. The molecule has 0 radical (unpaired) electrons. The number of carbonyl (C=O) groups excluding carboxylic acids is 2. The Bertz CT molecular complexity index is 1010. The molecule has 0 saturated carbocycles. The first kappa shape index (κ1) is 22.2. The van der Waals surface area contributed by atoms with Crippen LogP contribution in [0.15, 0.2) is 48.0 Å². The molecule has 1 fully saturated rings. The number of ketones is 1. The van der Waals surface area contributed by atoms with Crippen molar-refractivity contribution < 1.29 is 24.2 Å². The Morgan fingerprint density at radius 3 is 2.23 bits per heavy atom. The third-order valence-corrected chi connectivity index (χ3v) is 5.39. The summed E-state index contributed by atoms with van der Waals surface area (Å²) in [7, 11) is 6.89. The number of anilines is 1. The van der Waals surface area contributed by atoms with E-state index < -0.39 is 17.7 Å². The van der Waals surface area contributed by atoms with Crippen molar-refractivity contribution in [2.75, 3.05) is 39.8 Å². The Kier molecular flexibility index (Phi) is 6.53. The highest BCUT2D eigenvalue weighted by Gasteiger charge is 2.45. The molecule has 1 aliphatic heterocycles. The van der Waals surface area contributed by atoms with Gasteiger partial charge in [0.15, 0.2) is 11.5 Å². The van der Waals surface area contributed by atoms with Gasteiger partial charge in [-0.1, -0.05) is 19.1 Å². The largest absolute Gasteiger partial charge is 0.507 e. The summed E-state index contributed by atoms with van der Waals surface area (Å²) in [6, 6.07) is 11.8. The zero-order valence-electron chi connectivity index (χ0n) is 18.5. The lowest BCUT2D eigenvalue weighted by atomic mass is 9.95. The average Bonchev–Trinajstić information content (AvgIpc) is 3.03. The summed E-state index contributed by atoms with van der Waals surface area (Å²) < 4.78 is 10.6. The van der Waals surface area contributed by atoms with Crippen molar-refractivity contribution >= 4 is 23.1 Å². The molecule has 0 spiro atoms. The van der Waals surface area contributed by atoms with Gasteiger partial charge >= 0.3 is 0 Å². The van der Waals surface area contributed by atoms with Crippen LogP contribution in [0.25, 0.3) is 5.76 Å². The summed E-state index contributed by atoms with van der Waals surface area (Å²) in [5.74, 6) is -0.616. The quantitative estimate of drug-likeness (QED) is 0.416. The Balaban J connectivity index is 2.16. The molecule has 164 valence electrons. The second-order valence-corrected chi connectivity index (χ2v) is 7.55. The number of methoxy groups -OCH3 is 2. The van der Waals surface area contributed by atoms with Crippen LogP contribution >= 0.6 is 0 Å². The third-order valence-electron chi connectivity index (χ3n) is 5.39. The lowest BCUT2D eigenvalue weighted by Gasteiger charge is -2.25. The van der Waals surface area contributed by atoms with Crippen molar-refractivity contribution in [3.63, 3.8) is 0 Å². The van der Waals surface area contributed by atoms with Gasteiger partial charge in [-0.05, 0) is 42.3 Å². The van der Waals surface area contributed by atoms with Gasteiger partial charge in [-0.2, -0.15) is 0 Å². The molecule has 1 saturated heterocycles. The summed E-state index contributed by atoms with van der Waals surface area (Å²) in [5, 5.41) is 11.1. The van der Waals surface area contributed by atoms with Crippen LogP contribution in [-0.4, -0.2) is 56.6 Å². The number of amides is 1. The van der Waals surface area contributed by atoms with Gasteiger partial charge in [0.2, 0.25) is 0 Å². The Hall–Kier alpha value is -3.48. The van der Waals surface area contributed by atoms with Gasteiger partial charge in [0.1, 0.15) is 5.76 Å². The maximum Gasteiger partial charge on any atom is 0.295 e. The highest BCUT2D eigenvalue weighted by Crippen LogP contribution is 2.41. The molecule has 1 N–H and O–H groups in total. The van der Waals surface area contributed by atoms with Crippen molar-refractivity contribution in [3.8, 4) is 11.5 Å². The lowest BCUT2D eigenvalue weighted by Crippen LogP contribution is -2.30. The maximum absolute atomic E-state index is 13.0. The fourth-order valence-electron chi connectivity index (χ4n) is 3.79. The number of ether oxygens (including phenoxy) is 2. The normalized spacial score (nSPS) is 17.7. The predicted octanol–water partition coefficient (Wildman–Crippen LogP) is 3.60. The van der Waals surface area contributed by atoms with E-state index in [0.29, 0.717) is 30.0 Å². The van der Waals surface area contributed by atoms with Crippen molar-refractivity contribution in [2.45, 2.75) is 19.4 Å².